The molecule has 1 aliphatic rings. The quantitative estimate of drug-likeness (QED) is 0.469. The molecule has 0 spiro atoms. The van der Waals surface area contributed by atoms with Crippen LogP contribution in [0.3, 0.4) is 0 Å². The van der Waals surface area contributed by atoms with Crippen molar-refractivity contribution in [3.8, 4) is 0 Å². The van der Waals surface area contributed by atoms with E-state index >= 15 is 0 Å². The van der Waals surface area contributed by atoms with E-state index < -0.39 is 4.92 Å². The highest BCUT2D eigenvalue weighted by atomic mass is 16.6. The summed E-state index contributed by atoms with van der Waals surface area (Å²) in [5.41, 5.74) is 0.860. The minimum absolute atomic E-state index is 0.0487. The Morgan fingerprint density at radius 3 is 2.41 bits per heavy atom. The third-order valence-electron chi connectivity index (χ3n) is 4.51. The summed E-state index contributed by atoms with van der Waals surface area (Å²) >= 11 is 0. The maximum absolute atomic E-state index is 12.5. The first-order valence-corrected chi connectivity index (χ1v) is 8.51. The number of amides is 2. The Bertz CT molecular complexity index is 894. The number of carbonyl (C=O) groups excluding carboxylic acids is 2. The molecule has 1 aliphatic heterocycles. The van der Waals surface area contributed by atoms with Crippen LogP contribution in [-0.4, -0.2) is 52.7 Å². The molecule has 0 saturated carbocycles. The van der Waals surface area contributed by atoms with Crippen molar-refractivity contribution in [2.45, 2.75) is 6.92 Å². The van der Waals surface area contributed by atoms with Gasteiger partial charge < -0.3 is 14.2 Å². The van der Waals surface area contributed by atoms with Crippen molar-refractivity contribution < 1.29 is 18.9 Å². The van der Waals surface area contributed by atoms with Crippen molar-refractivity contribution >= 4 is 23.6 Å². The van der Waals surface area contributed by atoms with Gasteiger partial charge in [0.1, 0.15) is 5.76 Å². The topological polar surface area (TPSA) is 96.9 Å². The molecule has 0 aliphatic carbocycles. The summed E-state index contributed by atoms with van der Waals surface area (Å²) in [6, 6.07) is 7.89. The van der Waals surface area contributed by atoms with Crippen LogP contribution < -0.4 is 0 Å². The van der Waals surface area contributed by atoms with Crippen LogP contribution in [0, 0.1) is 17.0 Å². The maximum atomic E-state index is 12.5. The van der Waals surface area contributed by atoms with Gasteiger partial charge >= 0.3 is 0 Å². The van der Waals surface area contributed by atoms with E-state index in [4.69, 9.17) is 4.42 Å². The van der Waals surface area contributed by atoms with Crippen molar-refractivity contribution in [2.75, 3.05) is 26.2 Å². The Labute approximate surface area is 155 Å². The number of nitro benzene ring substituents is 1. The van der Waals surface area contributed by atoms with Crippen molar-refractivity contribution in [3.63, 3.8) is 0 Å². The van der Waals surface area contributed by atoms with Crippen LogP contribution in [0.15, 0.2) is 47.1 Å². The number of aryl methyl sites for hydroxylation is 1. The summed E-state index contributed by atoms with van der Waals surface area (Å²) in [6.45, 7) is 3.40. The van der Waals surface area contributed by atoms with Gasteiger partial charge in [-0.2, -0.15) is 0 Å². The fraction of sp³-hybridized carbons (Fsp3) is 0.263. The van der Waals surface area contributed by atoms with Crippen LogP contribution in [0.4, 0.5) is 5.69 Å². The van der Waals surface area contributed by atoms with Gasteiger partial charge in [0.15, 0.2) is 0 Å². The molecule has 2 heterocycles. The summed E-state index contributed by atoms with van der Waals surface area (Å²) in [5.74, 6) is 0.231. The monoisotopic (exact) mass is 369 g/mol. The highest BCUT2D eigenvalue weighted by Gasteiger charge is 2.25. The second-order valence-corrected chi connectivity index (χ2v) is 6.16. The van der Waals surface area contributed by atoms with Gasteiger partial charge in [-0.15, -0.1) is 0 Å². The molecule has 0 N–H and O–H groups in total. The van der Waals surface area contributed by atoms with Gasteiger partial charge in [-0.05, 0) is 25.1 Å². The predicted octanol–water partition coefficient (Wildman–Crippen LogP) is 2.49. The lowest BCUT2D eigenvalue weighted by atomic mass is 10.1. The summed E-state index contributed by atoms with van der Waals surface area (Å²) in [4.78, 5) is 38.7. The highest BCUT2D eigenvalue weighted by molar-refractivity contribution is 5.96. The van der Waals surface area contributed by atoms with E-state index in [1.54, 1.807) is 41.0 Å². The molecular weight excluding hydrogens is 350 g/mol. The molecular formula is C19H19N3O5. The average molecular weight is 369 g/mol. The second-order valence-electron chi connectivity index (χ2n) is 6.16. The van der Waals surface area contributed by atoms with Crippen molar-refractivity contribution in [2.24, 2.45) is 0 Å². The summed E-state index contributed by atoms with van der Waals surface area (Å²) in [6.07, 6.45) is 4.27. The molecule has 0 bridgehead atoms. The van der Waals surface area contributed by atoms with E-state index in [1.165, 1.54) is 24.5 Å². The lowest BCUT2D eigenvalue weighted by Gasteiger charge is -2.34. The molecule has 0 unspecified atom stereocenters. The number of nitro groups is 1. The molecule has 140 valence electrons. The van der Waals surface area contributed by atoms with Crippen LogP contribution in [0.1, 0.15) is 21.7 Å². The van der Waals surface area contributed by atoms with Gasteiger partial charge in [-0.1, -0.05) is 12.1 Å². The van der Waals surface area contributed by atoms with Crippen LogP contribution in [0.25, 0.3) is 6.08 Å². The van der Waals surface area contributed by atoms with Gasteiger partial charge in [-0.25, -0.2) is 0 Å². The normalized spacial score (nSPS) is 14.6. The smallest absolute Gasteiger partial charge is 0.276 e. The van der Waals surface area contributed by atoms with Crippen LogP contribution >= 0.6 is 0 Å². The molecule has 27 heavy (non-hydrogen) atoms. The van der Waals surface area contributed by atoms with E-state index in [9.17, 15) is 19.7 Å². The number of carbonyl (C=O) groups is 2. The summed E-state index contributed by atoms with van der Waals surface area (Å²) < 4.78 is 5.17. The largest absolute Gasteiger partial charge is 0.469 e. The highest BCUT2D eigenvalue weighted by Crippen LogP contribution is 2.19. The number of benzene rings is 1. The van der Waals surface area contributed by atoms with Crippen LogP contribution in [-0.2, 0) is 4.79 Å². The fourth-order valence-corrected chi connectivity index (χ4v) is 2.97. The Morgan fingerprint density at radius 1 is 1.11 bits per heavy atom. The predicted molar refractivity (Wildman–Crippen MR) is 98.1 cm³/mol. The number of para-hydroxylation sites is 1. The first-order chi connectivity index (χ1) is 13.0. The minimum Gasteiger partial charge on any atom is -0.469 e. The molecule has 3 rings (SSSR count). The van der Waals surface area contributed by atoms with E-state index in [2.05, 4.69) is 0 Å². The standard InChI is InChI=1S/C19H19N3O5/c1-14-16(8-13-27-14)19(24)21-11-9-20(10-12-21)18(23)7-6-15-4-2-3-5-17(15)22(25)26/h2-8,13H,9-12H2,1H3/b7-6+. The molecule has 8 nitrogen and oxygen atoms in total. The van der Waals surface area contributed by atoms with E-state index in [0.29, 0.717) is 43.1 Å². The lowest BCUT2D eigenvalue weighted by molar-refractivity contribution is -0.385. The molecule has 2 amide bonds. The van der Waals surface area contributed by atoms with Crippen LogP contribution in [0.5, 0.6) is 0 Å². The van der Waals surface area contributed by atoms with E-state index in [-0.39, 0.29) is 17.5 Å². The Morgan fingerprint density at radius 2 is 1.78 bits per heavy atom. The number of hydrogen-bond donors (Lipinski definition) is 0. The second kappa shape index (κ2) is 7.86. The minimum atomic E-state index is -0.480. The van der Waals surface area contributed by atoms with Gasteiger partial charge in [-0.3, -0.25) is 19.7 Å². The Balaban J connectivity index is 1.60. The van der Waals surface area contributed by atoms with Gasteiger partial charge in [0.05, 0.1) is 22.3 Å². The number of rotatable bonds is 4. The molecule has 1 aromatic carbocycles. The first kappa shape index (κ1) is 18.4. The maximum Gasteiger partial charge on any atom is 0.276 e. The van der Waals surface area contributed by atoms with E-state index in [1.807, 2.05) is 0 Å². The zero-order valence-electron chi connectivity index (χ0n) is 14.8. The molecule has 8 heteroatoms. The zero-order valence-corrected chi connectivity index (χ0v) is 14.8. The molecule has 0 atom stereocenters. The Hall–Kier alpha value is -3.42. The third kappa shape index (κ3) is 4.05. The van der Waals surface area contributed by atoms with Crippen molar-refractivity contribution in [1.82, 2.24) is 9.80 Å². The van der Waals surface area contributed by atoms with Crippen molar-refractivity contribution in [1.29, 1.82) is 0 Å². The van der Waals surface area contributed by atoms with Gasteiger partial charge in [0.2, 0.25) is 5.91 Å². The SMILES string of the molecule is Cc1occc1C(=O)N1CCN(C(=O)/C=C/c2ccccc2[N+](=O)[O-])CC1. The van der Waals surface area contributed by atoms with Crippen molar-refractivity contribution in [3.05, 3.63) is 69.7 Å². The third-order valence-corrected chi connectivity index (χ3v) is 4.51. The zero-order chi connectivity index (χ0) is 19.4. The number of hydrogen-bond acceptors (Lipinski definition) is 5. The molecule has 1 saturated heterocycles. The lowest BCUT2D eigenvalue weighted by Crippen LogP contribution is -2.50. The Kier molecular flexibility index (Phi) is 5.35. The van der Waals surface area contributed by atoms with Gasteiger partial charge in [0.25, 0.3) is 11.6 Å². The fourth-order valence-electron chi connectivity index (χ4n) is 2.97. The number of furan rings is 1. The average Bonchev–Trinajstić information content (AvgIpc) is 3.11. The molecule has 1 fully saturated rings. The van der Waals surface area contributed by atoms with E-state index in [0.717, 1.165) is 0 Å². The van der Waals surface area contributed by atoms with Crippen LogP contribution in [0.2, 0.25) is 0 Å². The molecule has 1 aromatic heterocycles. The number of nitrogens with zero attached hydrogens (tertiary/aromatic N) is 3. The molecule has 2 aromatic rings. The van der Waals surface area contributed by atoms with Gasteiger partial charge in [0, 0.05) is 38.3 Å². The number of piperazine rings is 1. The summed E-state index contributed by atoms with van der Waals surface area (Å²) in [5, 5.41) is 11.0. The summed E-state index contributed by atoms with van der Waals surface area (Å²) in [7, 11) is 0. The molecule has 0 radical (unpaired) electrons. The first-order valence-electron chi connectivity index (χ1n) is 8.51.